The van der Waals surface area contributed by atoms with E-state index in [4.69, 9.17) is 11.6 Å². The maximum absolute atomic E-state index is 12.7. The number of aromatic nitrogens is 1. The zero-order valence-electron chi connectivity index (χ0n) is 16.6. The fourth-order valence-corrected chi connectivity index (χ4v) is 5.31. The molecule has 1 N–H and O–H groups in total. The number of rotatable bonds is 5. The molecule has 1 aromatic carbocycles. The number of halogens is 1. The Kier molecular flexibility index (Phi) is 6.51. The van der Waals surface area contributed by atoms with Gasteiger partial charge in [0, 0.05) is 41.5 Å². The van der Waals surface area contributed by atoms with Crippen LogP contribution >= 0.6 is 34.3 Å². The predicted octanol–water partition coefficient (Wildman–Crippen LogP) is 5.25. The normalized spacial score (nSPS) is 14.7. The van der Waals surface area contributed by atoms with Crippen molar-refractivity contribution in [1.29, 1.82) is 0 Å². The third-order valence-electron chi connectivity index (χ3n) is 5.31. The molecule has 156 valence electrons. The minimum atomic E-state index is -0.101. The maximum atomic E-state index is 12.7. The van der Waals surface area contributed by atoms with Crippen molar-refractivity contribution in [2.24, 2.45) is 5.92 Å². The van der Waals surface area contributed by atoms with Gasteiger partial charge in [0.15, 0.2) is 5.13 Å². The van der Waals surface area contributed by atoms with Gasteiger partial charge >= 0.3 is 0 Å². The average molecular weight is 460 g/mol. The van der Waals surface area contributed by atoms with Gasteiger partial charge in [-0.25, -0.2) is 4.98 Å². The molecule has 0 saturated carbocycles. The molecule has 2 amide bonds. The summed E-state index contributed by atoms with van der Waals surface area (Å²) in [6.45, 7) is 3.19. The number of thiophene rings is 1. The van der Waals surface area contributed by atoms with E-state index in [1.165, 1.54) is 22.7 Å². The number of piperidine rings is 1. The van der Waals surface area contributed by atoms with E-state index in [0.29, 0.717) is 37.5 Å². The number of carbonyl (C=O) groups is 2. The van der Waals surface area contributed by atoms with Crippen LogP contribution in [-0.4, -0.2) is 34.8 Å². The monoisotopic (exact) mass is 459 g/mol. The van der Waals surface area contributed by atoms with Crippen molar-refractivity contribution in [1.82, 2.24) is 9.88 Å². The van der Waals surface area contributed by atoms with Gasteiger partial charge in [0.1, 0.15) is 0 Å². The molecule has 8 heteroatoms. The largest absolute Gasteiger partial charge is 0.338 e. The van der Waals surface area contributed by atoms with Crippen LogP contribution in [0, 0.1) is 12.8 Å². The Hall–Kier alpha value is -2.22. The van der Waals surface area contributed by atoms with E-state index >= 15 is 0 Å². The molecule has 1 aliphatic rings. The van der Waals surface area contributed by atoms with E-state index < -0.39 is 0 Å². The molecule has 0 unspecified atom stereocenters. The second-order valence-electron chi connectivity index (χ2n) is 7.39. The number of carbonyl (C=O) groups excluding carboxylic acids is 2. The number of hydrogen-bond acceptors (Lipinski definition) is 5. The maximum Gasteiger partial charge on any atom is 0.263 e. The van der Waals surface area contributed by atoms with Gasteiger partial charge in [-0.1, -0.05) is 35.9 Å². The zero-order valence-corrected chi connectivity index (χ0v) is 18.9. The van der Waals surface area contributed by atoms with Crippen molar-refractivity contribution in [2.75, 3.05) is 18.4 Å². The highest BCUT2D eigenvalue weighted by Crippen LogP contribution is 2.28. The van der Waals surface area contributed by atoms with Gasteiger partial charge < -0.3 is 10.2 Å². The van der Waals surface area contributed by atoms with E-state index in [2.05, 4.69) is 10.3 Å². The molecule has 0 aliphatic carbocycles. The number of amides is 2. The summed E-state index contributed by atoms with van der Waals surface area (Å²) >= 11 is 9.32. The number of nitrogens with one attached hydrogen (secondary N) is 1. The summed E-state index contributed by atoms with van der Waals surface area (Å²) in [6, 6.07) is 9.72. The summed E-state index contributed by atoms with van der Waals surface area (Å²) < 4.78 is 0. The summed E-state index contributed by atoms with van der Waals surface area (Å²) in [5, 5.41) is 6.24. The molecule has 3 heterocycles. The Morgan fingerprint density at radius 3 is 2.77 bits per heavy atom. The molecule has 1 aliphatic heterocycles. The molecule has 1 fully saturated rings. The fourth-order valence-electron chi connectivity index (χ4n) is 3.59. The molecule has 1 saturated heterocycles. The molecular weight excluding hydrogens is 438 g/mol. The minimum absolute atomic E-state index is 0.0206. The zero-order chi connectivity index (χ0) is 21.1. The first-order chi connectivity index (χ1) is 14.5. The molecule has 0 bridgehead atoms. The van der Waals surface area contributed by atoms with Crippen LogP contribution in [0.4, 0.5) is 5.13 Å². The number of anilines is 1. The summed E-state index contributed by atoms with van der Waals surface area (Å²) in [5.74, 6) is -0.0631. The first kappa shape index (κ1) is 21.0. The first-order valence-electron chi connectivity index (χ1n) is 9.83. The SMILES string of the molecule is Cc1cccc(Cc2cnc(NC(=O)C3CCN(C(=O)c4cccs4)CC3)s2)c1Cl. The number of aryl methyl sites for hydroxylation is 1. The van der Waals surface area contributed by atoms with Crippen LogP contribution in [-0.2, 0) is 11.2 Å². The fraction of sp³-hybridized carbons (Fsp3) is 0.318. The second kappa shape index (κ2) is 9.29. The highest BCUT2D eigenvalue weighted by Gasteiger charge is 2.28. The Morgan fingerprint density at radius 2 is 2.03 bits per heavy atom. The van der Waals surface area contributed by atoms with E-state index in [1.54, 1.807) is 6.20 Å². The lowest BCUT2D eigenvalue weighted by molar-refractivity contribution is -0.121. The molecular formula is C22H22ClN3O2S2. The third-order valence-corrected chi connectivity index (χ3v) is 7.62. The molecule has 4 rings (SSSR count). The standard InChI is InChI=1S/C22H22ClN3O2S2/c1-14-4-2-5-16(19(14)23)12-17-13-24-22(30-17)25-20(27)15-7-9-26(10-8-15)21(28)18-6-3-11-29-18/h2-6,11,13,15H,7-10,12H2,1H3,(H,24,25,27). The smallest absolute Gasteiger partial charge is 0.263 e. The lowest BCUT2D eigenvalue weighted by atomic mass is 9.96. The number of benzene rings is 1. The highest BCUT2D eigenvalue weighted by molar-refractivity contribution is 7.15. The Morgan fingerprint density at radius 1 is 1.23 bits per heavy atom. The van der Waals surface area contributed by atoms with Crippen molar-refractivity contribution >= 4 is 51.2 Å². The number of likely N-dealkylation sites (tertiary alicyclic amines) is 1. The van der Waals surface area contributed by atoms with Gasteiger partial charge in [-0.15, -0.1) is 22.7 Å². The Labute approximate surface area is 188 Å². The molecule has 0 radical (unpaired) electrons. The number of hydrogen-bond donors (Lipinski definition) is 1. The van der Waals surface area contributed by atoms with Crippen molar-refractivity contribution in [3.63, 3.8) is 0 Å². The van der Waals surface area contributed by atoms with Crippen molar-refractivity contribution in [2.45, 2.75) is 26.2 Å². The van der Waals surface area contributed by atoms with Crippen LogP contribution < -0.4 is 5.32 Å². The van der Waals surface area contributed by atoms with Crippen molar-refractivity contribution < 1.29 is 9.59 Å². The van der Waals surface area contributed by atoms with Crippen molar-refractivity contribution in [3.05, 3.63) is 67.8 Å². The van der Waals surface area contributed by atoms with E-state index in [1.807, 2.05) is 47.5 Å². The average Bonchev–Trinajstić information content (AvgIpc) is 3.43. The Bertz CT molecular complexity index is 1040. The van der Waals surface area contributed by atoms with Gasteiger partial charge in [-0.3, -0.25) is 9.59 Å². The van der Waals surface area contributed by atoms with E-state index in [-0.39, 0.29) is 17.7 Å². The van der Waals surface area contributed by atoms with Crippen LogP contribution in [0.2, 0.25) is 5.02 Å². The van der Waals surface area contributed by atoms with Crippen LogP contribution in [0.15, 0.2) is 41.9 Å². The minimum Gasteiger partial charge on any atom is -0.338 e. The van der Waals surface area contributed by atoms with Crippen LogP contribution in [0.25, 0.3) is 0 Å². The predicted molar refractivity (Wildman–Crippen MR) is 123 cm³/mol. The third kappa shape index (κ3) is 4.74. The molecule has 5 nitrogen and oxygen atoms in total. The van der Waals surface area contributed by atoms with E-state index in [9.17, 15) is 9.59 Å². The summed E-state index contributed by atoms with van der Waals surface area (Å²) in [4.78, 5) is 33.1. The van der Waals surface area contributed by atoms with Gasteiger partial charge in [-0.05, 0) is 42.3 Å². The first-order valence-corrected chi connectivity index (χ1v) is 11.9. The highest BCUT2D eigenvalue weighted by atomic mass is 35.5. The lowest BCUT2D eigenvalue weighted by Gasteiger charge is -2.30. The summed E-state index contributed by atoms with van der Waals surface area (Å²) in [7, 11) is 0. The number of thiazole rings is 1. The molecule has 2 aromatic heterocycles. The van der Waals surface area contributed by atoms with Crippen LogP contribution in [0.3, 0.4) is 0 Å². The van der Waals surface area contributed by atoms with Crippen LogP contribution in [0.1, 0.15) is 38.5 Å². The number of nitrogens with zero attached hydrogens (tertiary/aromatic N) is 2. The summed E-state index contributed by atoms with van der Waals surface area (Å²) in [5.41, 5.74) is 2.11. The molecule has 30 heavy (non-hydrogen) atoms. The quantitative estimate of drug-likeness (QED) is 0.566. The van der Waals surface area contributed by atoms with Crippen LogP contribution in [0.5, 0.6) is 0 Å². The van der Waals surface area contributed by atoms with E-state index in [0.717, 1.165) is 25.9 Å². The van der Waals surface area contributed by atoms with Crippen molar-refractivity contribution in [3.8, 4) is 0 Å². The van der Waals surface area contributed by atoms with Gasteiger partial charge in [-0.2, -0.15) is 0 Å². The second-order valence-corrected chi connectivity index (χ2v) is 9.83. The lowest BCUT2D eigenvalue weighted by Crippen LogP contribution is -2.41. The molecule has 0 atom stereocenters. The summed E-state index contributed by atoms with van der Waals surface area (Å²) in [6.07, 6.45) is 3.82. The van der Waals surface area contributed by atoms with Gasteiger partial charge in [0.05, 0.1) is 4.88 Å². The topological polar surface area (TPSA) is 62.3 Å². The molecule has 3 aromatic rings. The molecule has 0 spiro atoms. The van der Waals surface area contributed by atoms with Gasteiger partial charge in [0.2, 0.25) is 5.91 Å². The Balaban J connectivity index is 1.31. The van der Waals surface area contributed by atoms with Gasteiger partial charge in [0.25, 0.3) is 5.91 Å².